The number of carboxylic acid groups (broad SMARTS) is 1. The van der Waals surface area contributed by atoms with E-state index in [0.29, 0.717) is 0 Å². The van der Waals surface area contributed by atoms with Crippen LogP contribution in [0.25, 0.3) is 0 Å². The van der Waals surface area contributed by atoms with Crippen molar-refractivity contribution in [2.75, 3.05) is 0 Å². The first-order chi connectivity index (χ1) is 7.82. The fraction of sp³-hybridized carbons (Fsp3) is 0.833. The summed E-state index contributed by atoms with van der Waals surface area (Å²) >= 11 is 0. The fourth-order valence-corrected chi connectivity index (χ4v) is 2.16. The second-order valence-corrected chi connectivity index (χ2v) is 5.15. The number of hydrogen-bond acceptors (Lipinski definition) is 3. The van der Waals surface area contributed by atoms with Gasteiger partial charge in [-0.1, -0.05) is 20.8 Å². The predicted octanol–water partition coefficient (Wildman–Crippen LogP) is 1.03. The molecule has 1 aliphatic heterocycles. The molecule has 0 saturated carbocycles. The van der Waals surface area contributed by atoms with E-state index in [-0.39, 0.29) is 23.8 Å². The molecular weight excluding hydrogens is 222 g/mol. The summed E-state index contributed by atoms with van der Waals surface area (Å²) in [6.45, 7) is 7.39. The molecule has 0 aromatic carbocycles. The van der Waals surface area contributed by atoms with Gasteiger partial charge in [0.15, 0.2) is 0 Å². The predicted molar refractivity (Wildman–Crippen MR) is 62.5 cm³/mol. The Balaban J connectivity index is 2.62. The minimum atomic E-state index is -1.01. The molecule has 1 amide bonds. The van der Waals surface area contributed by atoms with Crippen LogP contribution in [0.4, 0.5) is 0 Å². The first-order valence-electron chi connectivity index (χ1n) is 6.01. The minimum absolute atomic E-state index is 0.0584. The van der Waals surface area contributed by atoms with Gasteiger partial charge in [0.1, 0.15) is 12.1 Å². The third-order valence-electron chi connectivity index (χ3n) is 3.09. The zero-order chi connectivity index (χ0) is 13.2. The van der Waals surface area contributed by atoms with Crippen molar-refractivity contribution in [3.05, 3.63) is 0 Å². The summed E-state index contributed by atoms with van der Waals surface area (Å²) in [5, 5.41) is 11.5. The van der Waals surface area contributed by atoms with Gasteiger partial charge in [-0.2, -0.15) is 0 Å². The van der Waals surface area contributed by atoms with Gasteiger partial charge in [-0.3, -0.25) is 4.79 Å². The van der Waals surface area contributed by atoms with Crippen molar-refractivity contribution in [2.45, 2.75) is 52.4 Å². The lowest BCUT2D eigenvalue weighted by molar-refractivity contribution is -0.145. The number of rotatable bonds is 4. The molecule has 0 aliphatic carbocycles. The van der Waals surface area contributed by atoms with Crippen molar-refractivity contribution in [3.63, 3.8) is 0 Å². The van der Waals surface area contributed by atoms with Gasteiger partial charge in [-0.15, -0.1) is 0 Å². The first-order valence-corrected chi connectivity index (χ1v) is 6.01. The van der Waals surface area contributed by atoms with Crippen LogP contribution in [0.3, 0.4) is 0 Å². The van der Waals surface area contributed by atoms with E-state index < -0.39 is 18.1 Å². The van der Waals surface area contributed by atoms with Crippen molar-refractivity contribution in [1.82, 2.24) is 5.32 Å². The van der Waals surface area contributed by atoms with Gasteiger partial charge in [0.2, 0.25) is 5.91 Å². The summed E-state index contributed by atoms with van der Waals surface area (Å²) in [5.41, 5.74) is 0. The maximum absolute atomic E-state index is 11.9. The Kier molecular flexibility index (Phi) is 4.51. The van der Waals surface area contributed by atoms with Gasteiger partial charge in [0, 0.05) is 0 Å². The Hall–Kier alpha value is -1.10. The Morgan fingerprint density at radius 1 is 1.35 bits per heavy atom. The van der Waals surface area contributed by atoms with E-state index in [1.165, 1.54) is 0 Å². The van der Waals surface area contributed by atoms with E-state index in [9.17, 15) is 9.59 Å². The van der Waals surface area contributed by atoms with Crippen molar-refractivity contribution < 1.29 is 19.4 Å². The van der Waals surface area contributed by atoms with Gasteiger partial charge in [0.25, 0.3) is 0 Å². The topological polar surface area (TPSA) is 75.6 Å². The summed E-state index contributed by atoms with van der Waals surface area (Å²) in [7, 11) is 0. The first kappa shape index (κ1) is 14.0. The molecule has 1 heterocycles. The molecule has 0 bridgehead atoms. The smallest absolute Gasteiger partial charge is 0.326 e. The van der Waals surface area contributed by atoms with Crippen molar-refractivity contribution >= 4 is 11.9 Å². The molecule has 1 saturated heterocycles. The van der Waals surface area contributed by atoms with Crippen molar-refractivity contribution in [1.29, 1.82) is 0 Å². The summed E-state index contributed by atoms with van der Waals surface area (Å²) in [5.74, 6) is -1.34. The Morgan fingerprint density at radius 2 is 1.94 bits per heavy atom. The number of hydrogen-bond donors (Lipinski definition) is 2. The molecule has 98 valence electrons. The molecule has 4 atom stereocenters. The monoisotopic (exact) mass is 243 g/mol. The number of carbonyl (C=O) groups excluding carboxylic acids is 1. The number of carbonyl (C=O) groups is 2. The van der Waals surface area contributed by atoms with Crippen LogP contribution in [-0.2, 0) is 14.3 Å². The lowest BCUT2D eigenvalue weighted by Gasteiger charge is -2.21. The maximum atomic E-state index is 11.9. The molecule has 3 unspecified atom stereocenters. The van der Waals surface area contributed by atoms with E-state index in [1.807, 2.05) is 13.8 Å². The summed E-state index contributed by atoms with van der Waals surface area (Å²) in [6.07, 6.45) is 0.367. The highest BCUT2D eigenvalue weighted by molar-refractivity contribution is 5.86. The molecule has 1 fully saturated rings. The van der Waals surface area contributed by atoms with Crippen LogP contribution in [-0.4, -0.2) is 35.2 Å². The molecular formula is C12H21NO4. The molecule has 0 aromatic rings. The number of nitrogens with one attached hydrogen (secondary N) is 1. The van der Waals surface area contributed by atoms with Gasteiger partial charge in [-0.25, -0.2) is 4.79 Å². The highest BCUT2D eigenvalue weighted by Gasteiger charge is 2.37. The van der Waals surface area contributed by atoms with Crippen LogP contribution in [0, 0.1) is 11.8 Å². The summed E-state index contributed by atoms with van der Waals surface area (Å²) in [6, 6.07) is -0.853. The normalized spacial score (nSPS) is 30.3. The molecule has 0 spiro atoms. The fourth-order valence-electron chi connectivity index (χ4n) is 2.16. The molecule has 1 rings (SSSR count). The Labute approximate surface area is 102 Å². The second-order valence-electron chi connectivity index (χ2n) is 5.15. The summed E-state index contributed by atoms with van der Waals surface area (Å²) < 4.78 is 5.49. The molecule has 0 aromatic heterocycles. The van der Waals surface area contributed by atoms with E-state index in [1.54, 1.807) is 13.8 Å². The minimum Gasteiger partial charge on any atom is -0.480 e. The number of amides is 1. The van der Waals surface area contributed by atoms with E-state index >= 15 is 0 Å². The van der Waals surface area contributed by atoms with Crippen LogP contribution in [0.2, 0.25) is 0 Å². The highest BCUT2D eigenvalue weighted by atomic mass is 16.5. The molecule has 2 N–H and O–H groups in total. The van der Waals surface area contributed by atoms with Crippen LogP contribution < -0.4 is 5.32 Å². The second kappa shape index (κ2) is 5.49. The number of carboxylic acids is 1. The van der Waals surface area contributed by atoms with Gasteiger partial charge in [-0.05, 0) is 25.2 Å². The average molecular weight is 243 g/mol. The number of aliphatic carboxylic acids is 1. The van der Waals surface area contributed by atoms with Crippen molar-refractivity contribution in [3.8, 4) is 0 Å². The van der Waals surface area contributed by atoms with Crippen LogP contribution >= 0.6 is 0 Å². The highest BCUT2D eigenvalue weighted by Crippen LogP contribution is 2.26. The van der Waals surface area contributed by atoms with Crippen molar-refractivity contribution in [2.24, 2.45) is 11.8 Å². The van der Waals surface area contributed by atoms with Gasteiger partial charge >= 0.3 is 5.97 Å². The average Bonchev–Trinajstić information content (AvgIpc) is 2.53. The lowest BCUT2D eigenvalue weighted by Crippen LogP contribution is -2.49. The van der Waals surface area contributed by atoms with Crippen LogP contribution in [0.1, 0.15) is 34.1 Å². The van der Waals surface area contributed by atoms with E-state index in [2.05, 4.69) is 5.32 Å². The maximum Gasteiger partial charge on any atom is 0.326 e. The zero-order valence-electron chi connectivity index (χ0n) is 10.8. The van der Waals surface area contributed by atoms with E-state index in [4.69, 9.17) is 9.84 Å². The zero-order valence-corrected chi connectivity index (χ0v) is 10.8. The quantitative estimate of drug-likeness (QED) is 0.773. The molecule has 1 aliphatic rings. The van der Waals surface area contributed by atoms with Gasteiger partial charge < -0.3 is 15.2 Å². The van der Waals surface area contributed by atoms with Crippen LogP contribution in [0.5, 0.6) is 0 Å². The third kappa shape index (κ3) is 3.43. The molecule has 5 nitrogen and oxygen atoms in total. The van der Waals surface area contributed by atoms with E-state index in [0.717, 1.165) is 6.42 Å². The van der Waals surface area contributed by atoms with Crippen LogP contribution in [0.15, 0.2) is 0 Å². The Bertz CT molecular complexity index is 303. The lowest BCUT2D eigenvalue weighted by atomic mass is 10.00. The van der Waals surface area contributed by atoms with Gasteiger partial charge in [0.05, 0.1) is 6.10 Å². The molecule has 0 radical (unpaired) electrons. The molecule has 17 heavy (non-hydrogen) atoms. The standard InChI is InChI=1S/C12H21NO4/c1-6(2)9(12(15)16)13-11(14)10-7(3)5-8(4)17-10/h6-10H,5H2,1-4H3,(H,13,14)(H,15,16)/t7?,8?,9-,10?/m1/s1. The largest absolute Gasteiger partial charge is 0.480 e. The summed E-state index contributed by atoms with van der Waals surface area (Å²) in [4.78, 5) is 22.9. The number of ether oxygens (including phenoxy) is 1. The third-order valence-corrected chi connectivity index (χ3v) is 3.09. The molecule has 5 heteroatoms. The Morgan fingerprint density at radius 3 is 2.29 bits per heavy atom. The SMILES string of the molecule is CC1CC(C)C(C(=O)N[C@@H](C(=O)O)C(C)C)O1.